The number of anilines is 3. The molecule has 12 rings (SSSR count). The first-order valence-electron chi connectivity index (χ1n) is 22.8. The number of benzene rings is 11. The van der Waals surface area contributed by atoms with Gasteiger partial charge in [0.05, 0.1) is 11.1 Å². The van der Waals surface area contributed by atoms with Crippen molar-refractivity contribution in [3.05, 3.63) is 295 Å². The first-order chi connectivity index (χ1) is 32.7. The van der Waals surface area contributed by atoms with Crippen LogP contribution in [0.25, 0.3) is 66.4 Å². The van der Waals surface area contributed by atoms with Crippen molar-refractivity contribution in [3.63, 3.8) is 0 Å². The minimum Gasteiger partial charge on any atom is -0.310 e. The van der Waals surface area contributed by atoms with Crippen LogP contribution in [0.1, 0.15) is 22.3 Å². The molecule has 0 unspecified atom stereocenters. The molecular weight excluding hydrogens is 795 g/mol. The van der Waals surface area contributed by atoms with Crippen LogP contribution in [-0.4, -0.2) is 0 Å². The third-order valence-electron chi connectivity index (χ3n) is 13.6. The largest absolute Gasteiger partial charge is 0.310 e. The lowest BCUT2D eigenvalue weighted by Gasteiger charge is -2.34. The van der Waals surface area contributed by atoms with Crippen LogP contribution in [0, 0.1) is 0 Å². The maximum atomic E-state index is 2.46. The van der Waals surface area contributed by atoms with E-state index >= 15 is 0 Å². The molecule has 0 radical (unpaired) electrons. The fraction of sp³-hybridized carbons (Fsp3) is 0.0154. The molecule has 0 saturated heterocycles. The number of rotatable bonds is 9. The SMILES string of the molecule is c1ccc(-c2ccccc2-c2ccc(N(c3ccc(-c4ccc(-c5ccc6ccccc6c5)cc4)cc3)c3cccc4c3-c3ccccc3C4(c3ccccc3)c3ccccc3)cc2)cc1. The van der Waals surface area contributed by atoms with Crippen molar-refractivity contribution in [2.75, 3.05) is 4.90 Å². The van der Waals surface area contributed by atoms with Gasteiger partial charge >= 0.3 is 0 Å². The van der Waals surface area contributed by atoms with Crippen LogP contribution in [0.4, 0.5) is 17.1 Å². The van der Waals surface area contributed by atoms with Gasteiger partial charge in [-0.25, -0.2) is 0 Å². The molecule has 1 aliphatic rings. The van der Waals surface area contributed by atoms with Gasteiger partial charge in [0.25, 0.3) is 0 Å². The van der Waals surface area contributed by atoms with E-state index in [-0.39, 0.29) is 0 Å². The zero-order valence-electron chi connectivity index (χ0n) is 36.4. The highest BCUT2D eigenvalue weighted by molar-refractivity contribution is 5.98. The Morgan fingerprint density at radius 1 is 0.258 bits per heavy atom. The summed E-state index contributed by atoms with van der Waals surface area (Å²) in [6, 6.07) is 100.0. The first kappa shape index (κ1) is 39.1. The summed E-state index contributed by atoms with van der Waals surface area (Å²) in [6.45, 7) is 0. The van der Waals surface area contributed by atoms with Crippen LogP contribution in [0.2, 0.25) is 0 Å². The Bertz CT molecular complexity index is 3440. The molecule has 1 heteroatoms. The predicted octanol–water partition coefficient (Wildman–Crippen LogP) is 17.3. The quantitative estimate of drug-likeness (QED) is 0.140. The molecule has 0 spiro atoms. The number of hydrogen-bond acceptors (Lipinski definition) is 1. The highest BCUT2D eigenvalue weighted by Gasteiger charge is 2.47. The van der Waals surface area contributed by atoms with Crippen molar-refractivity contribution in [2.45, 2.75) is 5.41 Å². The highest BCUT2D eigenvalue weighted by Crippen LogP contribution is 2.59. The van der Waals surface area contributed by atoms with Crippen molar-refractivity contribution < 1.29 is 0 Å². The van der Waals surface area contributed by atoms with Gasteiger partial charge in [-0.05, 0) is 119 Å². The molecule has 0 N–H and O–H groups in total. The Labute approximate surface area is 387 Å². The van der Waals surface area contributed by atoms with E-state index in [1.165, 1.54) is 88.7 Å². The predicted molar refractivity (Wildman–Crippen MR) is 278 cm³/mol. The smallest absolute Gasteiger partial charge is 0.0714 e. The highest BCUT2D eigenvalue weighted by atomic mass is 15.1. The molecule has 11 aromatic rings. The summed E-state index contributed by atoms with van der Waals surface area (Å²) in [5.41, 5.74) is 20.0. The summed E-state index contributed by atoms with van der Waals surface area (Å²) >= 11 is 0. The van der Waals surface area contributed by atoms with Gasteiger partial charge in [0.2, 0.25) is 0 Å². The topological polar surface area (TPSA) is 3.24 Å². The first-order valence-corrected chi connectivity index (χ1v) is 22.8. The molecule has 0 fully saturated rings. The Kier molecular flexibility index (Phi) is 9.81. The molecule has 0 aromatic heterocycles. The maximum Gasteiger partial charge on any atom is 0.0714 e. The zero-order valence-corrected chi connectivity index (χ0v) is 36.4. The Hall–Kier alpha value is -8.52. The van der Waals surface area contributed by atoms with Gasteiger partial charge in [-0.3, -0.25) is 0 Å². The lowest BCUT2D eigenvalue weighted by molar-refractivity contribution is 0.768. The van der Waals surface area contributed by atoms with Gasteiger partial charge in [-0.15, -0.1) is 0 Å². The van der Waals surface area contributed by atoms with E-state index in [2.05, 4.69) is 278 Å². The van der Waals surface area contributed by atoms with E-state index in [9.17, 15) is 0 Å². The summed E-state index contributed by atoms with van der Waals surface area (Å²) < 4.78 is 0. The van der Waals surface area contributed by atoms with Gasteiger partial charge in [0.15, 0.2) is 0 Å². The molecule has 0 bridgehead atoms. The van der Waals surface area contributed by atoms with Gasteiger partial charge in [-0.2, -0.15) is 0 Å². The fourth-order valence-electron chi connectivity index (χ4n) is 10.5. The van der Waals surface area contributed by atoms with Crippen LogP contribution < -0.4 is 4.90 Å². The summed E-state index contributed by atoms with van der Waals surface area (Å²) in [7, 11) is 0. The third kappa shape index (κ3) is 6.64. The van der Waals surface area contributed by atoms with Crippen molar-refractivity contribution in [1.82, 2.24) is 0 Å². The van der Waals surface area contributed by atoms with Crippen molar-refractivity contribution in [3.8, 4) is 55.6 Å². The molecule has 11 aromatic carbocycles. The Balaban J connectivity index is 1.00. The van der Waals surface area contributed by atoms with Crippen molar-refractivity contribution in [1.29, 1.82) is 0 Å². The number of fused-ring (bicyclic) bond motifs is 4. The molecule has 0 atom stereocenters. The summed E-state index contributed by atoms with van der Waals surface area (Å²) in [5, 5.41) is 2.51. The minimum atomic E-state index is -0.510. The molecule has 1 nitrogen and oxygen atoms in total. The molecule has 0 saturated carbocycles. The summed E-state index contributed by atoms with van der Waals surface area (Å²) in [5.74, 6) is 0. The lowest BCUT2D eigenvalue weighted by atomic mass is 9.68. The second-order valence-corrected chi connectivity index (χ2v) is 17.2. The van der Waals surface area contributed by atoms with Gasteiger partial charge in [0.1, 0.15) is 0 Å². The van der Waals surface area contributed by atoms with Gasteiger partial charge < -0.3 is 4.90 Å². The molecule has 0 amide bonds. The normalized spacial score (nSPS) is 12.4. The number of hydrogen-bond donors (Lipinski definition) is 0. The van der Waals surface area contributed by atoms with Gasteiger partial charge in [0, 0.05) is 16.9 Å². The van der Waals surface area contributed by atoms with E-state index in [0.29, 0.717) is 0 Å². The maximum absolute atomic E-state index is 2.46. The average molecular weight is 840 g/mol. The standard InChI is InChI=1S/C65H45N/c1-4-18-50(19-5-1)58-25-12-13-26-59(58)51-39-43-57(44-40-51)66(56-41-37-48(38-42-56)47-31-33-49(34-32-47)53-36-35-46-17-10-11-20-52(46)45-53)63-30-16-29-62-64(63)60-27-14-15-28-61(60)65(62,54-21-6-2-7-22-54)55-23-8-3-9-24-55/h1-45H. The third-order valence-corrected chi connectivity index (χ3v) is 13.6. The average Bonchev–Trinajstić information content (AvgIpc) is 3.71. The van der Waals surface area contributed by atoms with Crippen LogP contribution >= 0.6 is 0 Å². The van der Waals surface area contributed by atoms with E-state index in [4.69, 9.17) is 0 Å². The van der Waals surface area contributed by atoms with Crippen molar-refractivity contribution >= 4 is 27.8 Å². The zero-order chi connectivity index (χ0) is 43.9. The van der Waals surface area contributed by atoms with Crippen LogP contribution in [-0.2, 0) is 5.41 Å². The van der Waals surface area contributed by atoms with Crippen LogP contribution in [0.15, 0.2) is 273 Å². The second-order valence-electron chi connectivity index (χ2n) is 17.2. The molecule has 0 aliphatic heterocycles. The van der Waals surface area contributed by atoms with E-state index in [1.807, 2.05) is 0 Å². The van der Waals surface area contributed by atoms with E-state index < -0.39 is 5.41 Å². The monoisotopic (exact) mass is 839 g/mol. The lowest BCUT2D eigenvalue weighted by Crippen LogP contribution is -2.28. The number of nitrogens with zero attached hydrogens (tertiary/aromatic N) is 1. The molecular formula is C65H45N. The minimum absolute atomic E-state index is 0.510. The molecule has 66 heavy (non-hydrogen) atoms. The molecule has 0 heterocycles. The fourth-order valence-corrected chi connectivity index (χ4v) is 10.5. The van der Waals surface area contributed by atoms with Crippen molar-refractivity contribution in [2.24, 2.45) is 0 Å². The van der Waals surface area contributed by atoms with E-state index in [0.717, 1.165) is 17.1 Å². The summed E-state index contributed by atoms with van der Waals surface area (Å²) in [4.78, 5) is 2.46. The van der Waals surface area contributed by atoms with E-state index in [1.54, 1.807) is 0 Å². The van der Waals surface area contributed by atoms with Gasteiger partial charge in [-0.1, -0.05) is 237 Å². The Morgan fingerprint density at radius 3 is 1.29 bits per heavy atom. The summed E-state index contributed by atoms with van der Waals surface area (Å²) in [6.07, 6.45) is 0. The Morgan fingerprint density at radius 2 is 0.682 bits per heavy atom. The van der Waals surface area contributed by atoms with Crippen LogP contribution in [0.3, 0.4) is 0 Å². The van der Waals surface area contributed by atoms with Crippen LogP contribution in [0.5, 0.6) is 0 Å². The molecule has 1 aliphatic carbocycles. The second kappa shape index (κ2) is 16.6. The molecule has 310 valence electrons.